The zero-order valence-corrected chi connectivity index (χ0v) is 13.7. The molecule has 0 radical (unpaired) electrons. The molecule has 0 bridgehead atoms. The van der Waals surface area contributed by atoms with Gasteiger partial charge in [-0.05, 0) is 43.3 Å². The molecule has 3 rings (SSSR count). The summed E-state index contributed by atoms with van der Waals surface area (Å²) >= 11 is 3.11. The predicted molar refractivity (Wildman–Crippen MR) is 92.3 cm³/mol. The second-order valence-corrected chi connectivity index (χ2v) is 6.87. The highest BCUT2D eigenvalue weighted by Gasteiger charge is 2.09. The Bertz CT molecular complexity index is 748. The van der Waals surface area contributed by atoms with Gasteiger partial charge in [0.05, 0.1) is 22.6 Å². The quantitative estimate of drug-likeness (QED) is 0.486. The number of ketones is 1. The SMILES string of the molecule is CCOc1ccc(C(=O)CSc2nc3ccccc3s2)cc1. The molecule has 1 heterocycles. The molecule has 22 heavy (non-hydrogen) atoms. The van der Waals surface area contributed by atoms with Gasteiger partial charge in [-0.25, -0.2) is 4.98 Å². The van der Waals surface area contributed by atoms with Gasteiger partial charge in [0.25, 0.3) is 0 Å². The maximum absolute atomic E-state index is 12.2. The molecule has 3 nitrogen and oxygen atoms in total. The van der Waals surface area contributed by atoms with Crippen molar-refractivity contribution in [2.75, 3.05) is 12.4 Å². The summed E-state index contributed by atoms with van der Waals surface area (Å²) in [5.41, 5.74) is 1.69. The van der Waals surface area contributed by atoms with Crippen molar-refractivity contribution in [3.63, 3.8) is 0 Å². The summed E-state index contributed by atoms with van der Waals surface area (Å²) in [7, 11) is 0. The first-order valence-electron chi connectivity index (χ1n) is 7.00. The van der Waals surface area contributed by atoms with E-state index >= 15 is 0 Å². The third-order valence-corrected chi connectivity index (χ3v) is 5.27. The molecule has 0 atom stereocenters. The van der Waals surface area contributed by atoms with Crippen LogP contribution < -0.4 is 4.74 Å². The third-order valence-electron chi connectivity index (χ3n) is 3.09. The summed E-state index contributed by atoms with van der Waals surface area (Å²) in [5.74, 6) is 1.29. The smallest absolute Gasteiger partial charge is 0.173 e. The van der Waals surface area contributed by atoms with Gasteiger partial charge < -0.3 is 4.74 Å². The Morgan fingerprint density at radius 2 is 1.95 bits per heavy atom. The first-order chi connectivity index (χ1) is 10.8. The molecule has 0 aliphatic carbocycles. The van der Waals surface area contributed by atoms with Crippen molar-refractivity contribution in [1.29, 1.82) is 0 Å². The van der Waals surface area contributed by atoms with Crippen LogP contribution >= 0.6 is 23.1 Å². The average Bonchev–Trinajstić information content (AvgIpc) is 2.96. The van der Waals surface area contributed by atoms with Crippen LogP contribution in [0.25, 0.3) is 10.2 Å². The van der Waals surface area contributed by atoms with Gasteiger partial charge in [-0.2, -0.15) is 0 Å². The summed E-state index contributed by atoms with van der Waals surface area (Å²) in [6.45, 7) is 2.56. The second kappa shape index (κ2) is 6.94. The first-order valence-corrected chi connectivity index (χ1v) is 8.81. The lowest BCUT2D eigenvalue weighted by Crippen LogP contribution is -2.02. The predicted octanol–water partition coefficient (Wildman–Crippen LogP) is 4.67. The van der Waals surface area contributed by atoms with Gasteiger partial charge in [0.1, 0.15) is 5.75 Å². The van der Waals surface area contributed by atoms with Crippen molar-refractivity contribution in [2.24, 2.45) is 0 Å². The Hall–Kier alpha value is -1.85. The fourth-order valence-electron chi connectivity index (χ4n) is 2.03. The minimum atomic E-state index is 0.104. The highest BCUT2D eigenvalue weighted by molar-refractivity contribution is 8.01. The van der Waals surface area contributed by atoms with E-state index in [-0.39, 0.29) is 5.78 Å². The Morgan fingerprint density at radius 1 is 1.18 bits per heavy atom. The van der Waals surface area contributed by atoms with Crippen LogP contribution in [0.1, 0.15) is 17.3 Å². The van der Waals surface area contributed by atoms with Gasteiger partial charge in [-0.15, -0.1) is 11.3 Å². The number of hydrogen-bond acceptors (Lipinski definition) is 5. The number of carbonyl (C=O) groups excluding carboxylic acids is 1. The monoisotopic (exact) mass is 329 g/mol. The molecule has 0 N–H and O–H groups in total. The van der Waals surface area contributed by atoms with Crippen molar-refractivity contribution in [3.8, 4) is 5.75 Å². The number of hydrogen-bond donors (Lipinski definition) is 0. The van der Waals surface area contributed by atoms with E-state index < -0.39 is 0 Å². The molecule has 1 aromatic heterocycles. The number of nitrogens with zero attached hydrogens (tertiary/aromatic N) is 1. The van der Waals surface area contributed by atoms with Gasteiger partial charge in [-0.3, -0.25) is 4.79 Å². The third kappa shape index (κ3) is 3.48. The van der Waals surface area contributed by atoms with Crippen molar-refractivity contribution in [3.05, 3.63) is 54.1 Å². The Kier molecular flexibility index (Phi) is 4.75. The van der Waals surface area contributed by atoms with E-state index in [2.05, 4.69) is 4.98 Å². The maximum Gasteiger partial charge on any atom is 0.173 e. The number of benzene rings is 2. The van der Waals surface area contributed by atoms with Crippen LogP contribution in [-0.2, 0) is 0 Å². The molecule has 0 fully saturated rings. The minimum absolute atomic E-state index is 0.104. The number of aromatic nitrogens is 1. The van der Waals surface area contributed by atoms with E-state index in [0.29, 0.717) is 17.9 Å². The van der Waals surface area contributed by atoms with Crippen LogP contribution in [0.5, 0.6) is 5.75 Å². The van der Waals surface area contributed by atoms with Crippen LogP contribution in [0.15, 0.2) is 52.9 Å². The highest BCUT2D eigenvalue weighted by atomic mass is 32.2. The molecule has 2 aromatic carbocycles. The molecular weight excluding hydrogens is 314 g/mol. The largest absolute Gasteiger partial charge is 0.494 e. The lowest BCUT2D eigenvalue weighted by molar-refractivity contribution is 0.102. The summed E-state index contributed by atoms with van der Waals surface area (Å²) in [6, 6.07) is 15.3. The van der Waals surface area contributed by atoms with Crippen LogP contribution in [0.3, 0.4) is 0 Å². The Labute approximate surface area is 137 Å². The van der Waals surface area contributed by atoms with Gasteiger partial charge in [0.2, 0.25) is 0 Å². The van der Waals surface area contributed by atoms with Crippen molar-refractivity contribution in [1.82, 2.24) is 4.98 Å². The highest BCUT2D eigenvalue weighted by Crippen LogP contribution is 2.29. The Balaban J connectivity index is 1.64. The average molecular weight is 329 g/mol. The molecule has 0 spiro atoms. The van der Waals surface area contributed by atoms with E-state index in [0.717, 1.165) is 20.3 Å². The number of Topliss-reactive ketones (excluding diaryl/α,β-unsaturated/α-hetero) is 1. The standard InChI is InChI=1S/C17H15NO2S2/c1-2-20-13-9-7-12(8-10-13)15(19)11-21-17-18-14-5-3-4-6-16(14)22-17/h3-10H,2,11H2,1H3. The molecule has 0 saturated carbocycles. The van der Waals surface area contributed by atoms with Crippen molar-refractivity contribution < 1.29 is 9.53 Å². The number of para-hydroxylation sites is 1. The molecule has 112 valence electrons. The summed E-state index contributed by atoms with van der Waals surface area (Å²) in [4.78, 5) is 16.7. The summed E-state index contributed by atoms with van der Waals surface area (Å²) in [6.07, 6.45) is 0. The number of thioether (sulfide) groups is 1. The van der Waals surface area contributed by atoms with Crippen LogP contribution in [-0.4, -0.2) is 23.1 Å². The fraction of sp³-hybridized carbons (Fsp3) is 0.176. The van der Waals surface area contributed by atoms with Crippen molar-refractivity contribution in [2.45, 2.75) is 11.3 Å². The van der Waals surface area contributed by atoms with Gasteiger partial charge >= 0.3 is 0 Å². The van der Waals surface area contributed by atoms with Crippen molar-refractivity contribution >= 4 is 39.1 Å². The normalized spacial score (nSPS) is 10.8. The van der Waals surface area contributed by atoms with Gasteiger partial charge in [0, 0.05) is 5.56 Å². The van der Waals surface area contributed by atoms with E-state index in [9.17, 15) is 4.79 Å². The molecule has 5 heteroatoms. The first kappa shape index (κ1) is 15.1. The molecule has 0 saturated heterocycles. The van der Waals surface area contributed by atoms with E-state index in [1.54, 1.807) is 11.3 Å². The number of thiazole rings is 1. The van der Waals surface area contributed by atoms with Gasteiger partial charge in [0.15, 0.2) is 10.1 Å². The molecule has 0 amide bonds. The van der Waals surface area contributed by atoms with Crippen LogP contribution in [0, 0.1) is 0 Å². The Morgan fingerprint density at radius 3 is 2.68 bits per heavy atom. The topological polar surface area (TPSA) is 39.2 Å². The zero-order chi connectivity index (χ0) is 15.4. The lowest BCUT2D eigenvalue weighted by Gasteiger charge is -2.04. The number of fused-ring (bicyclic) bond motifs is 1. The molecule has 0 aliphatic rings. The van der Waals surface area contributed by atoms with Gasteiger partial charge in [-0.1, -0.05) is 23.9 Å². The minimum Gasteiger partial charge on any atom is -0.494 e. The summed E-state index contributed by atoms with van der Waals surface area (Å²) < 4.78 is 7.46. The second-order valence-electron chi connectivity index (χ2n) is 4.62. The van der Waals surface area contributed by atoms with E-state index in [4.69, 9.17) is 4.74 Å². The maximum atomic E-state index is 12.2. The molecule has 0 aliphatic heterocycles. The van der Waals surface area contributed by atoms with Crippen LogP contribution in [0.4, 0.5) is 0 Å². The van der Waals surface area contributed by atoms with E-state index in [1.165, 1.54) is 11.8 Å². The zero-order valence-electron chi connectivity index (χ0n) is 12.1. The molecule has 3 aromatic rings. The molecular formula is C17H15NO2S2. The number of ether oxygens (including phenoxy) is 1. The van der Waals surface area contributed by atoms with E-state index in [1.807, 2.05) is 55.5 Å². The summed E-state index contributed by atoms with van der Waals surface area (Å²) in [5, 5.41) is 0. The number of carbonyl (C=O) groups is 1. The molecule has 0 unspecified atom stereocenters. The lowest BCUT2D eigenvalue weighted by atomic mass is 10.1. The fourth-order valence-corrected chi connectivity index (χ4v) is 3.99. The van der Waals surface area contributed by atoms with Crippen LogP contribution in [0.2, 0.25) is 0 Å². The number of rotatable bonds is 6.